The highest BCUT2D eigenvalue weighted by atomic mass is 16.1. The van der Waals surface area contributed by atoms with Crippen molar-refractivity contribution >= 4 is 16.8 Å². The van der Waals surface area contributed by atoms with Crippen LogP contribution >= 0.6 is 0 Å². The molecular formula is C15H14N4O. The Labute approximate surface area is 116 Å². The summed E-state index contributed by atoms with van der Waals surface area (Å²) in [5.74, 6) is -0.117. The number of nitrogens with one attached hydrogen (secondary N) is 1. The number of rotatable bonds is 2. The standard InChI is InChI=1S/C15H14N4O/c1-16-15(20)12-7-14(10-8-17-19(2)9-10)18-13-6-4-3-5-11(12)13/h3-9H,1-2H3,(H,16,20). The van der Waals surface area contributed by atoms with E-state index >= 15 is 0 Å². The van der Waals surface area contributed by atoms with Gasteiger partial charge in [-0.1, -0.05) is 18.2 Å². The topological polar surface area (TPSA) is 59.8 Å². The van der Waals surface area contributed by atoms with Crippen molar-refractivity contribution in [2.24, 2.45) is 7.05 Å². The predicted molar refractivity (Wildman–Crippen MR) is 77.3 cm³/mol. The highest BCUT2D eigenvalue weighted by Crippen LogP contribution is 2.24. The molecule has 100 valence electrons. The molecule has 0 fully saturated rings. The van der Waals surface area contributed by atoms with Crippen molar-refractivity contribution in [1.29, 1.82) is 0 Å². The SMILES string of the molecule is CNC(=O)c1cc(-c2cnn(C)c2)nc2ccccc12. The molecule has 1 N–H and O–H groups in total. The number of carbonyl (C=O) groups excluding carboxylic acids is 1. The smallest absolute Gasteiger partial charge is 0.251 e. The molecule has 0 aliphatic carbocycles. The summed E-state index contributed by atoms with van der Waals surface area (Å²) in [6.45, 7) is 0. The summed E-state index contributed by atoms with van der Waals surface area (Å²) in [7, 11) is 3.48. The molecule has 20 heavy (non-hydrogen) atoms. The number of aromatic nitrogens is 3. The summed E-state index contributed by atoms with van der Waals surface area (Å²) in [4.78, 5) is 16.7. The van der Waals surface area contributed by atoms with Crippen molar-refractivity contribution < 1.29 is 4.79 Å². The van der Waals surface area contributed by atoms with Crippen LogP contribution in [-0.4, -0.2) is 27.7 Å². The zero-order valence-electron chi connectivity index (χ0n) is 11.3. The fourth-order valence-electron chi connectivity index (χ4n) is 2.20. The van der Waals surface area contributed by atoms with Crippen molar-refractivity contribution in [3.63, 3.8) is 0 Å². The third kappa shape index (κ3) is 2.03. The van der Waals surface area contributed by atoms with E-state index in [0.717, 1.165) is 22.2 Å². The lowest BCUT2D eigenvalue weighted by molar-refractivity contribution is 0.0964. The number of hydrogen-bond donors (Lipinski definition) is 1. The largest absolute Gasteiger partial charge is 0.355 e. The van der Waals surface area contributed by atoms with Crippen LogP contribution < -0.4 is 5.32 Å². The number of pyridine rings is 1. The summed E-state index contributed by atoms with van der Waals surface area (Å²) in [6.07, 6.45) is 3.62. The Balaban J connectivity index is 2.27. The second kappa shape index (κ2) is 4.77. The van der Waals surface area contributed by atoms with Crippen LogP contribution in [0.2, 0.25) is 0 Å². The fourth-order valence-corrected chi connectivity index (χ4v) is 2.20. The van der Waals surface area contributed by atoms with Crippen LogP contribution in [-0.2, 0) is 7.05 Å². The summed E-state index contributed by atoms with van der Waals surface area (Å²) in [5.41, 5.74) is 3.06. The van der Waals surface area contributed by atoms with Gasteiger partial charge in [0.2, 0.25) is 0 Å². The van der Waals surface area contributed by atoms with Gasteiger partial charge in [0.15, 0.2) is 0 Å². The molecule has 3 aromatic rings. The van der Waals surface area contributed by atoms with Crippen molar-refractivity contribution in [2.75, 3.05) is 7.05 Å². The molecule has 1 amide bonds. The number of benzene rings is 1. The van der Waals surface area contributed by atoms with Gasteiger partial charge in [-0.3, -0.25) is 9.48 Å². The molecule has 0 saturated carbocycles. The summed E-state index contributed by atoms with van der Waals surface area (Å²) < 4.78 is 1.71. The average molecular weight is 266 g/mol. The summed E-state index contributed by atoms with van der Waals surface area (Å²) >= 11 is 0. The van der Waals surface area contributed by atoms with Gasteiger partial charge in [0.25, 0.3) is 5.91 Å². The maximum Gasteiger partial charge on any atom is 0.251 e. The number of nitrogens with zero attached hydrogens (tertiary/aromatic N) is 3. The van der Waals surface area contributed by atoms with E-state index in [1.807, 2.05) is 37.5 Å². The third-order valence-electron chi connectivity index (χ3n) is 3.19. The highest BCUT2D eigenvalue weighted by molar-refractivity contribution is 6.07. The lowest BCUT2D eigenvalue weighted by Crippen LogP contribution is -2.18. The normalized spacial score (nSPS) is 10.7. The highest BCUT2D eigenvalue weighted by Gasteiger charge is 2.13. The van der Waals surface area contributed by atoms with Crippen molar-refractivity contribution in [1.82, 2.24) is 20.1 Å². The van der Waals surface area contributed by atoms with Gasteiger partial charge in [-0.15, -0.1) is 0 Å². The minimum Gasteiger partial charge on any atom is -0.355 e. The molecule has 0 aliphatic heterocycles. The van der Waals surface area contributed by atoms with Crippen LogP contribution in [0.4, 0.5) is 0 Å². The molecule has 0 aliphatic rings. The molecule has 5 nitrogen and oxygen atoms in total. The quantitative estimate of drug-likeness (QED) is 0.771. The maximum absolute atomic E-state index is 12.1. The zero-order chi connectivity index (χ0) is 14.1. The molecular weight excluding hydrogens is 252 g/mol. The van der Waals surface area contributed by atoms with Crippen LogP contribution in [0, 0.1) is 0 Å². The maximum atomic E-state index is 12.1. The molecule has 0 saturated heterocycles. The Morgan fingerprint density at radius 2 is 2.10 bits per heavy atom. The summed E-state index contributed by atoms with van der Waals surface area (Å²) in [5, 5.41) is 7.66. The van der Waals surface area contributed by atoms with E-state index in [1.54, 1.807) is 24.0 Å². The fraction of sp³-hybridized carbons (Fsp3) is 0.133. The summed E-state index contributed by atoms with van der Waals surface area (Å²) in [6, 6.07) is 9.43. The molecule has 0 radical (unpaired) electrons. The van der Waals surface area contributed by atoms with E-state index < -0.39 is 0 Å². The van der Waals surface area contributed by atoms with Crippen LogP contribution in [0.5, 0.6) is 0 Å². The monoisotopic (exact) mass is 266 g/mol. The Kier molecular flexibility index (Phi) is 2.95. The van der Waals surface area contributed by atoms with Gasteiger partial charge in [0.1, 0.15) is 0 Å². The number of amides is 1. The van der Waals surface area contributed by atoms with E-state index in [0.29, 0.717) is 5.56 Å². The molecule has 0 spiro atoms. The van der Waals surface area contributed by atoms with E-state index in [9.17, 15) is 4.79 Å². The lowest BCUT2D eigenvalue weighted by atomic mass is 10.1. The van der Waals surface area contributed by atoms with Gasteiger partial charge >= 0.3 is 0 Å². The van der Waals surface area contributed by atoms with E-state index in [-0.39, 0.29) is 5.91 Å². The lowest BCUT2D eigenvalue weighted by Gasteiger charge is -2.07. The van der Waals surface area contributed by atoms with Crippen molar-refractivity contribution in [3.05, 3.63) is 48.3 Å². The van der Waals surface area contributed by atoms with Crippen molar-refractivity contribution in [3.8, 4) is 11.3 Å². The number of para-hydroxylation sites is 1. The second-order valence-corrected chi connectivity index (χ2v) is 4.55. The predicted octanol–water partition coefficient (Wildman–Crippen LogP) is 1.99. The van der Waals surface area contributed by atoms with Gasteiger partial charge in [0, 0.05) is 31.2 Å². The van der Waals surface area contributed by atoms with Gasteiger partial charge in [-0.2, -0.15) is 5.10 Å². The van der Waals surface area contributed by atoms with E-state index in [1.165, 1.54) is 0 Å². The van der Waals surface area contributed by atoms with Gasteiger partial charge in [-0.05, 0) is 12.1 Å². The Morgan fingerprint density at radius 3 is 2.80 bits per heavy atom. The van der Waals surface area contributed by atoms with E-state index in [4.69, 9.17) is 0 Å². The molecule has 0 unspecified atom stereocenters. The first kappa shape index (κ1) is 12.3. The van der Waals surface area contributed by atoms with Crippen LogP contribution in [0.3, 0.4) is 0 Å². The van der Waals surface area contributed by atoms with Crippen LogP contribution in [0.15, 0.2) is 42.7 Å². The Bertz CT molecular complexity index is 791. The number of hydrogen-bond acceptors (Lipinski definition) is 3. The van der Waals surface area contributed by atoms with Crippen molar-refractivity contribution in [2.45, 2.75) is 0 Å². The molecule has 3 rings (SSSR count). The molecule has 0 bridgehead atoms. The van der Waals surface area contributed by atoms with Gasteiger partial charge in [-0.25, -0.2) is 4.98 Å². The first-order valence-corrected chi connectivity index (χ1v) is 6.30. The molecule has 5 heteroatoms. The minimum absolute atomic E-state index is 0.117. The molecule has 0 atom stereocenters. The average Bonchev–Trinajstić information content (AvgIpc) is 2.92. The van der Waals surface area contributed by atoms with Crippen LogP contribution in [0.1, 0.15) is 10.4 Å². The van der Waals surface area contributed by atoms with Crippen LogP contribution in [0.25, 0.3) is 22.2 Å². The third-order valence-corrected chi connectivity index (χ3v) is 3.19. The Morgan fingerprint density at radius 1 is 1.30 bits per heavy atom. The first-order chi connectivity index (χ1) is 9.69. The zero-order valence-corrected chi connectivity index (χ0v) is 11.3. The first-order valence-electron chi connectivity index (χ1n) is 6.30. The van der Waals surface area contributed by atoms with Gasteiger partial charge in [0.05, 0.1) is 23.0 Å². The van der Waals surface area contributed by atoms with Gasteiger partial charge < -0.3 is 5.32 Å². The van der Waals surface area contributed by atoms with E-state index in [2.05, 4.69) is 15.4 Å². The Hall–Kier alpha value is -2.69. The second-order valence-electron chi connectivity index (χ2n) is 4.55. The number of carbonyl (C=O) groups is 1. The molecule has 2 heterocycles. The number of fused-ring (bicyclic) bond motifs is 1. The number of aryl methyl sites for hydroxylation is 1. The molecule has 1 aromatic carbocycles. The molecule has 2 aromatic heterocycles. The minimum atomic E-state index is -0.117.